The van der Waals surface area contributed by atoms with E-state index in [0.717, 1.165) is 5.56 Å². The summed E-state index contributed by atoms with van der Waals surface area (Å²) in [6, 6.07) is 5.52. The van der Waals surface area contributed by atoms with Crippen LogP contribution < -0.4 is 10.2 Å². The van der Waals surface area contributed by atoms with Gasteiger partial charge in [0.05, 0.1) is 7.11 Å². The minimum Gasteiger partial charge on any atom is -0.495 e. The van der Waals surface area contributed by atoms with Gasteiger partial charge in [-0.2, -0.15) is 0 Å². The number of aryl methyl sites for hydroxylation is 1. The van der Waals surface area contributed by atoms with E-state index in [2.05, 4.69) is 5.48 Å². The normalized spacial score (nSPS) is 9.36. The number of ether oxygens (including phenoxy) is 1. The van der Waals surface area contributed by atoms with E-state index in [0.29, 0.717) is 11.4 Å². The summed E-state index contributed by atoms with van der Waals surface area (Å²) in [6.45, 7) is 1.94. The Labute approximate surface area is 65.6 Å². The number of rotatable bonds is 2. The Bertz CT molecular complexity index is 248. The van der Waals surface area contributed by atoms with Gasteiger partial charge in [0.1, 0.15) is 11.4 Å². The molecule has 0 saturated heterocycles. The first-order valence-corrected chi connectivity index (χ1v) is 3.32. The molecule has 1 aromatic carbocycles. The molecule has 0 bridgehead atoms. The van der Waals surface area contributed by atoms with Gasteiger partial charge in [-0.3, -0.25) is 10.7 Å². The van der Waals surface area contributed by atoms with Gasteiger partial charge in [0.25, 0.3) is 0 Å². The fraction of sp³-hybridized carbons (Fsp3) is 0.250. The van der Waals surface area contributed by atoms with Crippen LogP contribution in [0.3, 0.4) is 0 Å². The molecule has 3 heteroatoms. The number of methoxy groups -OCH3 is 1. The van der Waals surface area contributed by atoms with Crippen LogP contribution in [0.25, 0.3) is 0 Å². The average molecular weight is 153 g/mol. The molecular weight excluding hydrogens is 142 g/mol. The molecule has 0 spiro atoms. The molecule has 1 rings (SSSR count). The van der Waals surface area contributed by atoms with Gasteiger partial charge in [-0.25, -0.2) is 0 Å². The maximum Gasteiger partial charge on any atom is 0.144 e. The zero-order valence-corrected chi connectivity index (χ0v) is 6.59. The molecule has 0 saturated carbocycles. The Kier molecular flexibility index (Phi) is 2.33. The second-order valence-corrected chi connectivity index (χ2v) is 2.32. The largest absolute Gasteiger partial charge is 0.495 e. The SMILES string of the molecule is COc1ccc(C)cc1NO. The van der Waals surface area contributed by atoms with Crippen LogP contribution in [0.1, 0.15) is 5.56 Å². The van der Waals surface area contributed by atoms with Gasteiger partial charge in [0.15, 0.2) is 0 Å². The molecule has 0 aliphatic carbocycles. The Hall–Kier alpha value is -1.22. The Morgan fingerprint density at radius 2 is 2.18 bits per heavy atom. The first-order chi connectivity index (χ1) is 5.27. The van der Waals surface area contributed by atoms with Crippen molar-refractivity contribution in [1.82, 2.24) is 0 Å². The number of nitrogens with one attached hydrogen (secondary N) is 1. The van der Waals surface area contributed by atoms with Crippen molar-refractivity contribution in [3.8, 4) is 5.75 Å². The summed E-state index contributed by atoms with van der Waals surface area (Å²) in [5.41, 5.74) is 3.72. The molecule has 2 N–H and O–H groups in total. The van der Waals surface area contributed by atoms with Crippen LogP contribution in [0.15, 0.2) is 18.2 Å². The van der Waals surface area contributed by atoms with Crippen LogP contribution in [0, 0.1) is 6.92 Å². The minimum absolute atomic E-state index is 0.590. The summed E-state index contributed by atoms with van der Waals surface area (Å²) in [7, 11) is 1.56. The zero-order valence-electron chi connectivity index (χ0n) is 6.59. The minimum atomic E-state index is 0.590. The maximum absolute atomic E-state index is 8.64. The second-order valence-electron chi connectivity index (χ2n) is 2.32. The van der Waals surface area contributed by atoms with E-state index in [1.165, 1.54) is 0 Å². The van der Waals surface area contributed by atoms with Gasteiger partial charge < -0.3 is 4.74 Å². The van der Waals surface area contributed by atoms with Gasteiger partial charge in [0.2, 0.25) is 0 Å². The molecule has 60 valence electrons. The van der Waals surface area contributed by atoms with Crippen LogP contribution >= 0.6 is 0 Å². The highest BCUT2D eigenvalue weighted by Crippen LogP contribution is 2.23. The van der Waals surface area contributed by atoms with Crippen LogP contribution in [0.2, 0.25) is 0 Å². The van der Waals surface area contributed by atoms with E-state index in [1.807, 2.05) is 13.0 Å². The number of hydrogen-bond acceptors (Lipinski definition) is 3. The predicted molar refractivity (Wildman–Crippen MR) is 43.1 cm³/mol. The van der Waals surface area contributed by atoms with E-state index < -0.39 is 0 Å². The van der Waals surface area contributed by atoms with Crippen LogP contribution in [0.4, 0.5) is 5.69 Å². The van der Waals surface area contributed by atoms with Crippen LogP contribution in [0.5, 0.6) is 5.75 Å². The quantitative estimate of drug-likeness (QED) is 0.636. The second kappa shape index (κ2) is 3.25. The third kappa shape index (κ3) is 1.62. The maximum atomic E-state index is 8.64. The standard InChI is InChI=1S/C8H11NO2/c1-6-3-4-8(11-2)7(5-6)9-10/h3-5,9-10H,1-2H3. The third-order valence-corrected chi connectivity index (χ3v) is 1.48. The first kappa shape index (κ1) is 7.88. The monoisotopic (exact) mass is 153 g/mol. The molecule has 0 aliphatic heterocycles. The summed E-state index contributed by atoms with van der Waals surface area (Å²) in [6.07, 6.45) is 0. The highest BCUT2D eigenvalue weighted by atomic mass is 16.5. The van der Waals surface area contributed by atoms with Crippen molar-refractivity contribution in [3.63, 3.8) is 0 Å². The van der Waals surface area contributed by atoms with E-state index in [4.69, 9.17) is 9.94 Å². The van der Waals surface area contributed by atoms with Crippen molar-refractivity contribution in [2.45, 2.75) is 6.92 Å². The molecule has 0 heterocycles. The zero-order chi connectivity index (χ0) is 8.27. The molecule has 3 nitrogen and oxygen atoms in total. The molecule has 1 aromatic rings. The molecule has 0 aromatic heterocycles. The molecule has 0 amide bonds. The molecular formula is C8H11NO2. The van der Waals surface area contributed by atoms with Crippen molar-refractivity contribution in [2.75, 3.05) is 12.6 Å². The molecule has 11 heavy (non-hydrogen) atoms. The number of anilines is 1. The van der Waals surface area contributed by atoms with E-state index in [9.17, 15) is 0 Å². The molecule has 0 aliphatic rings. The van der Waals surface area contributed by atoms with Gasteiger partial charge >= 0.3 is 0 Å². The Balaban J connectivity index is 3.06. The number of hydrogen-bond donors (Lipinski definition) is 2. The van der Waals surface area contributed by atoms with Crippen LogP contribution in [-0.4, -0.2) is 12.3 Å². The lowest BCUT2D eigenvalue weighted by Gasteiger charge is -2.06. The van der Waals surface area contributed by atoms with Crippen LogP contribution in [-0.2, 0) is 0 Å². The lowest BCUT2D eigenvalue weighted by atomic mass is 10.2. The average Bonchev–Trinajstić information content (AvgIpc) is 2.04. The Morgan fingerprint density at radius 1 is 1.45 bits per heavy atom. The molecule has 0 radical (unpaired) electrons. The van der Waals surface area contributed by atoms with Gasteiger partial charge in [-0.05, 0) is 24.6 Å². The lowest BCUT2D eigenvalue weighted by molar-refractivity contribution is 0.373. The highest BCUT2D eigenvalue weighted by molar-refractivity contribution is 5.56. The lowest BCUT2D eigenvalue weighted by Crippen LogP contribution is -1.94. The van der Waals surface area contributed by atoms with E-state index in [1.54, 1.807) is 19.2 Å². The van der Waals surface area contributed by atoms with E-state index >= 15 is 0 Å². The highest BCUT2D eigenvalue weighted by Gasteiger charge is 1.99. The van der Waals surface area contributed by atoms with Crippen molar-refractivity contribution in [1.29, 1.82) is 0 Å². The summed E-state index contributed by atoms with van der Waals surface area (Å²) in [5.74, 6) is 0.637. The number of benzene rings is 1. The summed E-state index contributed by atoms with van der Waals surface area (Å²) in [4.78, 5) is 0. The smallest absolute Gasteiger partial charge is 0.144 e. The Morgan fingerprint density at radius 3 is 2.73 bits per heavy atom. The molecule has 0 unspecified atom stereocenters. The topological polar surface area (TPSA) is 41.5 Å². The van der Waals surface area contributed by atoms with E-state index in [-0.39, 0.29) is 0 Å². The van der Waals surface area contributed by atoms with Gasteiger partial charge in [0, 0.05) is 0 Å². The van der Waals surface area contributed by atoms with Gasteiger partial charge in [-0.1, -0.05) is 6.07 Å². The molecule has 0 atom stereocenters. The van der Waals surface area contributed by atoms with Crippen molar-refractivity contribution < 1.29 is 9.94 Å². The fourth-order valence-electron chi connectivity index (χ4n) is 0.909. The fourth-order valence-corrected chi connectivity index (χ4v) is 0.909. The van der Waals surface area contributed by atoms with Crippen molar-refractivity contribution in [3.05, 3.63) is 23.8 Å². The first-order valence-electron chi connectivity index (χ1n) is 3.32. The summed E-state index contributed by atoms with van der Waals surface area (Å²) in [5, 5.41) is 8.64. The predicted octanol–water partition coefficient (Wildman–Crippen LogP) is 1.80. The molecule has 0 fully saturated rings. The van der Waals surface area contributed by atoms with Gasteiger partial charge in [-0.15, -0.1) is 0 Å². The summed E-state index contributed by atoms with van der Waals surface area (Å²) < 4.78 is 4.97. The van der Waals surface area contributed by atoms with Crippen molar-refractivity contribution in [2.24, 2.45) is 0 Å². The third-order valence-electron chi connectivity index (χ3n) is 1.48. The summed E-state index contributed by atoms with van der Waals surface area (Å²) >= 11 is 0. The van der Waals surface area contributed by atoms with Crippen molar-refractivity contribution >= 4 is 5.69 Å².